The quantitative estimate of drug-likeness (QED) is 0.438. The second-order valence-electron chi connectivity index (χ2n) is 4.59. The van der Waals surface area contributed by atoms with Crippen molar-refractivity contribution in [3.05, 3.63) is 35.6 Å². The first-order chi connectivity index (χ1) is 10.1. The van der Waals surface area contributed by atoms with Crippen LogP contribution in [-0.2, 0) is 16.0 Å². The first-order valence-corrected chi connectivity index (χ1v) is 7.09. The second kappa shape index (κ2) is 9.00. The van der Waals surface area contributed by atoms with Gasteiger partial charge in [0.1, 0.15) is 11.5 Å². The highest BCUT2D eigenvalue weighted by Crippen LogP contribution is 2.10. The van der Waals surface area contributed by atoms with E-state index in [1.54, 1.807) is 32.0 Å². The summed E-state index contributed by atoms with van der Waals surface area (Å²) in [5.41, 5.74) is 1.51. The molecule has 0 atom stereocenters. The van der Waals surface area contributed by atoms with Crippen LogP contribution in [0.2, 0.25) is 0 Å². The summed E-state index contributed by atoms with van der Waals surface area (Å²) in [7, 11) is 0. The minimum Gasteiger partial charge on any atom is -0.461 e. The Labute approximate surface area is 124 Å². The molecule has 0 heterocycles. The molecule has 4 nitrogen and oxygen atoms in total. The number of rotatable bonds is 7. The van der Waals surface area contributed by atoms with Gasteiger partial charge < -0.3 is 4.74 Å². The van der Waals surface area contributed by atoms with Crippen LogP contribution in [0, 0.1) is 5.82 Å². The maximum absolute atomic E-state index is 13.7. The zero-order valence-corrected chi connectivity index (χ0v) is 12.7. The second-order valence-corrected chi connectivity index (χ2v) is 4.59. The summed E-state index contributed by atoms with van der Waals surface area (Å²) < 4.78 is 18.5. The lowest BCUT2D eigenvalue weighted by Gasteiger charge is -2.05. The van der Waals surface area contributed by atoms with Crippen molar-refractivity contribution in [1.29, 1.82) is 0 Å². The average Bonchev–Trinajstić information content (AvgIpc) is 2.47. The third-order valence-electron chi connectivity index (χ3n) is 2.80. The van der Waals surface area contributed by atoms with Gasteiger partial charge in [0, 0.05) is 12.1 Å². The monoisotopic (exact) mass is 292 g/mol. The zero-order valence-electron chi connectivity index (χ0n) is 12.7. The summed E-state index contributed by atoms with van der Waals surface area (Å²) in [4.78, 5) is 11.4. The molecule has 0 radical (unpaired) electrons. The third kappa shape index (κ3) is 5.85. The Morgan fingerprint density at radius 2 is 1.95 bits per heavy atom. The molecule has 0 amide bonds. The standard InChI is InChI=1S/C16H21FN2O2/c1-4-8-14(11-13-9-6-7-10-15(13)17)19-18-12(3)16(20)21-5-2/h6-7,9-10H,4-5,8,11H2,1-3H3/b18-12+,19-14+. The fourth-order valence-corrected chi connectivity index (χ4v) is 1.75. The predicted octanol–water partition coefficient (Wildman–Crippen LogP) is 3.55. The first kappa shape index (κ1) is 17.0. The molecule has 0 saturated carbocycles. The molecule has 0 bridgehead atoms. The van der Waals surface area contributed by atoms with E-state index in [2.05, 4.69) is 10.2 Å². The molecule has 1 rings (SSSR count). The summed E-state index contributed by atoms with van der Waals surface area (Å²) in [6, 6.07) is 6.59. The molecule has 21 heavy (non-hydrogen) atoms. The number of halogens is 1. The number of ether oxygens (including phenoxy) is 1. The van der Waals surface area contributed by atoms with E-state index in [-0.39, 0.29) is 11.5 Å². The minimum absolute atomic E-state index is 0.194. The normalized spacial score (nSPS) is 12.4. The number of hydrogen-bond donors (Lipinski definition) is 0. The van der Waals surface area contributed by atoms with Crippen LogP contribution in [0.3, 0.4) is 0 Å². The van der Waals surface area contributed by atoms with Gasteiger partial charge in [-0.05, 0) is 31.9 Å². The first-order valence-electron chi connectivity index (χ1n) is 7.09. The molecule has 0 aliphatic heterocycles. The van der Waals surface area contributed by atoms with Gasteiger partial charge in [0.05, 0.1) is 6.61 Å². The fraction of sp³-hybridized carbons (Fsp3) is 0.438. The molecule has 0 N–H and O–H groups in total. The van der Waals surface area contributed by atoms with Gasteiger partial charge >= 0.3 is 5.97 Å². The smallest absolute Gasteiger partial charge is 0.354 e. The van der Waals surface area contributed by atoms with Gasteiger partial charge in [-0.15, -0.1) is 5.10 Å². The van der Waals surface area contributed by atoms with Gasteiger partial charge in [0.2, 0.25) is 0 Å². The number of hydrogen-bond acceptors (Lipinski definition) is 4. The van der Waals surface area contributed by atoms with E-state index in [0.717, 1.165) is 12.1 Å². The molecule has 1 aromatic rings. The Kier molecular flexibility index (Phi) is 7.29. The third-order valence-corrected chi connectivity index (χ3v) is 2.80. The van der Waals surface area contributed by atoms with Crippen LogP contribution in [0.25, 0.3) is 0 Å². The highest BCUT2D eigenvalue weighted by atomic mass is 19.1. The van der Waals surface area contributed by atoms with Crippen molar-refractivity contribution >= 4 is 17.4 Å². The Balaban J connectivity index is 2.86. The van der Waals surface area contributed by atoms with E-state index in [4.69, 9.17) is 4.74 Å². The van der Waals surface area contributed by atoms with Crippen molar-refractivity contribution in [2.75, 3.05) is 6.61 Å². The van der Waals surface area contributed by atoms with Crippen molar-refractivity contribution in [3.63, 3.8) is 0 Å². The van der Waals surface area contributed by atoms with Gasteiger partial charge in [-0.1, -0.05) is 31.5 Å². The van der Waals surface area contributed by atoms with Gasteiger partial charge in [-0.3, -0.25) is 0 Å². The van der Waals surface area contributed by atoms with Crippen LogP contribution in [0.4, 0.5) is 4.39 Å². The van der Waals surface area contributed by atoms with Gasteiger partial charge in [-0.25, -0.2) is 9.18 Å². The molecular weight excluding hydrogens is 271 g/mol. The topological polar surface area (TPSA) is 51.0 Å². The Bertz CT molecular complexity index is 539. The number of benzene rings is 1. The fourth-order valence-electron chi connectivity index (χ4n) is 1.75. The molecular formula is C16H21FN2O2. The molecule has 0 aliphatic rings. The molecule has 0 aliphatic carbocycles. The van der Waals surface area contributed by atoms with Crippen molar-refractivity contribution in [2.24, 2.45) is 10.2 Å². The molecule has 0 saturated heterocycles. The molecule has 5 heteroatoms. The summed E-state index contributed by atoms with van der Waals surface area (Å²) in [5, 5.41) is 7.99. The zero-order chi connectivity index (χ0) is 15.7. The summed E-state index contributed by atoms with van der Waals surface area (Å²) in [5.74, 6) is -0.740. The lowest BCUT2D eigenvalue weighted by molar-refractivity contribution is -0.135. The average molecular weight is 292 g/mol. The minimum atomic E-state index is -0.483. The largest absolute Gasteiger partial charge is 0.461 e. The van der Waals surface area contributed by atoms with Crippen molar-refractivity contribution in [3.8, 4) is 0 Å². The Morgan fingerprint density at radius 1 is 1.24 bits per heavy atom. The van der Waals surface area contributed by atoms with Crippen LogP contribution in [0.15, 0.2) is 34.5 Å². The molecule has 0 spiro atoms. The Morgan fingerprint density at radius 3 is 2.57 bits per heavy atom. The van der Waals surface area contributed by atoms with E-state index in [1.807, 2.05) is 6.92 Å². The van der Waals surface area contributed by atoms with E-state index in [9.17, 15) is 9.18 Å². The van der Waals surface area contributed by atoms with Gasteiger partial charge in [0.15, 0.2) is 0 Å². The van der Waals surface area contributed by atoms with Gasteiger partial charge in [-0.2, -0.15) is 5.10 Å². The van der Waals surface area contributed by atoms with E-state index >= 15 is 0 Å². The maximum atomic E-state index is 13.7. The molecule has 1 aromatic carbocycles. The highest BCUT2D eigenvalue weighted by Gasteiger charge is 2.08. The van der Waals surface area contributed by atoms with Crippen LogP contribution in [0.5, 0.6) is 0 Å². The van der Waals surface area contributed by atoms with Crippen molar-refractivity contribution < 1.29 is 13.9 Å². The van der Waals surface area contributed by atoms with E-state index in [0.29, 0.717) is 25.0 Å². The van der Waals surface area contributed by atoms with Crippen LogP contribution in [-0.4, -0.2) is 24.0 Å². The summed E-state index contributed by atoms with van der Waals surface area (Å²) in [6.07, 6.45) is 1.97. The van der Waals surface area contributed by atoms with Crippen molar-refractivity contribution in [2.45, 2.75) is 40.0 Å². The molecule has 114 valence electrons. The maximum Gasteiger partial charge on any atom is 0.354 e. The van der Waals surface area contributed by atoms with Crippen molar-refractivity contribution in [1.82, 2.24) is 0 Å². The molecule has 0 fully saturated rings. The van der Waals surface area contributed by atoms with Gasteiger partial charge in [0.25, 0.3) is 0 Å². The predicted molar refractivity (Wildman–Crippen MR) is 82.2 cm³/mol. The van der Waals surface area contributed by atoms with E-state index in [1.165, 1.54) is 6.07 Å². The number of carbonyl (C=O) groups is 1. The van der Waals surface area contributed by atoms with E-state index < -0.39 is 5.97 Å². The lowest BCUT2D eigenvalue weighted by Crippen LogP contribution is -2.14. The number of nitrogens with zero attached hydrogens (tertiary/aromatic N) is 2. The van der Waals surface area contributed by atoms with Crippen LogP contribution < -0.4 is 0 Å². The lowest BCUT2D eigenvalue weighted by atomic mass is 10.1. The number of carbonyl (C=O) groups excluding carboxylic acids is 1. The molecule has 0 unspecified atom stereocenters. The Hall–Kier alpha value is -2.04. The number of esters is 1. The highest BCUT2D eigenvalue weighted by molar-refractivity contribution is 6.35. The van der Waals surface area contributed by atoms with Crippen LogP contribution in [0.1, 0.15) is 39.2 Å². The summed E-state index contributed by atoms with van der Waals surface area (Å²) in [6.45, 7) is 5.59. The van der Waals surface area contributed by atoms with Crippen LogP contribution >= 0.6 is 0 Å². The SMILES string of the molecule is CCC/C(Cc1ccccc1F)=N\N=C(/C)C(=O)OCC. The molecule has 0 aromatic heterocycles. The summed E-state index contributed by atoms with van der Waals surface area (Å²) >= 11 is 0.